The maximum Gasteiger partial charge on any atom is 0.258 e. The van der Waals surface area contributed by atoms with Crippen LogP contribution >= 0.6 is 0 Å². The molecule has 1 aromatic carbocycles. The Morgan fingerprint density at radius 2 is 1.68 bits per heavy atom. The van der Waals surface area contributed by atoms with Crippen molar-refractivity contribution in [2.24, 2.45) is 0 Å². The summed E-state index contributed by atoms with van der Waals surface area (Å²) in [5.41, 5.74) is 3.21. The Hall–Kier alpha value is -3.74. The van der Waals surface area contributed by atoms with Crippen LogP contribution in [0, 0.1) is 0 Å². The van der Waals surface area contributed by atoms with Crippen LogP contribution in [0.1, 0.15) is 6.92 Å². The van der Waals surface area contributed by atoms with Crippen LogP contribution in [0.5, 0.6) is 11.6 Å². The number of ether oxygens (including phenoxy) is 2. The maximum absolute atomic E-state index is 5.75. The molecule has 0 saturated carbocycles. The zero-order valence-corrected chi connectivity index (χ0v) is 15.5. The summed E-state index contributed by atoms with van der Waals surface area (Å²) < 4.78 is 16.3. The number of benzene rings is 1. The summed E-state index contributed by atoms with van der Waals surface area (Å²) in [6.07, 6.45) is 3.35. The molecule has 0 N–H and O–H groups in total. The molecule has 7 heteroatoms. The van der Waals surface area contributed by atoms with E-state index in [2.05, 4.69) is 20.1 Å². The molecule has 0 spiro atoms. The van der Waals surface area contributed by atoms with Gasteiger partial charge in [-0.05, 0) is 55.5 Å². The van der Waals surface area contributed by atoms with Crippen LogP contribution in [0.25, 0.3) is 34.1 Å². The van der Waals surface area contributed by atoms with E-state index in [1.54, 1.807) is 19.5 Å². The van der Waals surface area contributed by atoms with E-state index in [4.69, 9.17) is 14.0 Å². The Bertz CT molecular complexity index is 1060. The largest absolute Gasteiger partial charge is 0.497 e. The molecule has 0 bridgehead atoms. The molecule has 4 rings (SSSR count). The highest BCUT2D eigenvalue weighted by Crippen LogP contribution is 2.31. The molecule has 0 saturated heterocycles. The number of nitrogens with zero attached hydrogens (tertiary/aromatic N) is 4. The highest BCUT2D eigenvalue weighted by molar-refractivity contribution is 5.69. The first-order valence-electron chi connectivity index (χ1n) is 8.81. The van der Waals surface area contributed by atoms with E-state index < -0.39 is 0 Å². The Balaban J connectivity index is 1.70. The van der Waals surface area contributed by atoms with E-state index in [0.29, 0.717) is 29.8 Å². The lowest BCUT2D eigenvalue weighted by atomic mass is 10.1. The number of aromatic nitrogens is 4. The van der Waals surface area contributed by atoms with Gasteiger partial charge in [0.1, 0.15) is 5.75 Å². The monoisotopic (exact) mass is 374 g/mol. The van der Waals surface area contributed by atoms with Gasteiger partial charge in [0, 0.05) is 23.5 Å². The van der Waals surface area contributed by atoms with Crippen LogP contribution in [0.3, 0.4) is 0 Å². The van der Waals surface area contributed by atoms with Crippen molar-refractivity contribution in [3.8, 4) is 45.7 Å². The third kappa shape index (κ3) is 3.55. The second kappa shape index (κ2) is 7.87. The van der Waals surface area contributed by atoms with Gasteiger partial charge in [0.15, 0.2) is 0 Å². The molecule has 140 valence electrons. The molecule has 4 aromatic rings. The molecule has 3 aromatic heterocycles. The molecule has 0 atom stereocenters. The molecule has 0 aliphatic carbocycles. The molecule has 7 nitrogen and oxygen atoms in total. The number of hydrogen-bond acceptors (Lipinski definition) is 7. The van der Waals surface area contributed by atoms with Crippen molar-refractivity contribution < 1.29 is 14.0 Å². The summed E-state index contributed by atoms with van der Waals surface area (Å²) in [4.78, 5) is 13.1. The summed E-state index contributed by atoms with van der Waals surface area (Å²) in [7, 11) is 1.64. The molecular weight excluding hydrogens is 356 g/mol. The van der Waals surface area contributed by atoms with Crippen molar-refractivity contribution in [1.82, 2.24) is 20.1 Å². The molecule has 3 heterocycles. The normalized spacial score (nSPS) is 10.6. The van der Waals surface area contributed by atoms with E-state index in [9.17, 15) is 0 Å². The first kappa shape index (κ1) is 17.7. The van der Waals surface area contributed by atoms with Gasteiger partial charge in [-0.2, -0.15) is 4.98 Å². The number of pyridine rings is 2. The Labute approximate surface area is 162 Å². The predicted octanol–water partition coefficient (Wildman–Crippen LogP) is 4.27. The van der Waals surface area contributed by atoms with Gasteiger partial charge in [0.25, 0.3) is 5.89 Å². The van der Waals surface area contributed by atoms with E-state index in [0.717, 1.165) is 22.6 Å². The lowest BCUT2D eigenvalue weighted by molar-refractivity contribution is 0.328. The molecular formula is C21H18N4O3. The minimum atomic E-state index is 0.416. The van der Waals surface area contributed by atoms with Crippen molar-refractivity contribution in [3.05, 3.63) is 60.9 Å². The van der Waals surface area contributed by atoms with Crippen molar-refractivity contribution >= 4 is 0 Å². The first-order chi connectivity index (χ1) is 13.8. The summed E-state index contributed by atoms with van der Waals surface area (Å²) >= 11 is 0. The molecule has 0 radical (unpaired) electrons. The van der Waals surface area contributed by atoms with E-state index in [1.165, 1.54) is 0 Å². The van der Waals surface area contributed by atoms with Crippen molar-refractivity contribution in [2.75, 3.05) is 13.7 Å². The third-order valence-corrected chi connectivity index (χ3v) is 4.12. The SMILES string of the molecule is CCOc1nc(-c2ccc(OC)cc2)ccc1-c1noc(-c2ccncc2)n1. The van der Waals surface area contributed by atoms with Gasteiger partial charge < -0.3 is 14.0 Å². The fourth-order valence-corrected chi connectivity index (χ4v) is 2.72. The van der Waals surface area contributed by atoms with Crippen LogP contribution in [-0.2, 0) is 0 Å². The Morgan fingerprint density at radius 3 is 2.39 bits per heavy atom. The highest BCUT2D eigenvalue weighted by Gasteiger charge is 2.17. The third-order valence-electron chi connectivity index (χ3n) is 4.12. The van der Waals surface area contributed by atoms with Crippen LogP contribution in [0.4, 0.5) is 0 Å². The van der Waals surface area contributed by atoms with E-state index in [-0.39, 0.29) is 0 Å². The summed E-state index contributed by atoms with van der Waals surface area (Å²) in [6.45, 7) is 2.38. The maximum atomic E-state index is 5.75. The van der Waals surface area contributed by atoms with E-state index >= 15 is 0 Å². The average Bonchev–Trinajstić information content (AvgIpc) is 3.25. The second-order valence-corrected chi connectivity index (χ2v) is 5.87. The van der Waals surface area contributed by atoms with Gasteiger partial charge in [-0.1, -0.05) is 5.16 Å². The second-order valence-electron chi connectivity index (χ2n) is 5.87. The van der Waals surface area contributed by atoms with Crippen molar-refractivity contribution in [1.29, 1.82) is 0 Å². The first-order valence-corrected chi connectivity index (χ1v) is 8.81. The highest BCUT2D eigenvalue weighted by atomic mass is 16.5. The number of rotatable bonds is 6. The molecule has 0 amide bonds. The number of hydrogen-bond donors (Lipinski definition) is 0. The minimum absolute atomic E-state index is 0.416. The molecule has 0 fully saturated rings. The lowest BCUT2D eigenvalue weighted by Gasteiger charge is -2.09. The average molecular weight is 374 g/mol. The standard InChI is InChI=1S/C21H18N4O3/c1-3-27-21-17(19-24-20(28-25-19)15-10-12-22-13-11-15)8-9-18(23-21)14-4-6-16(26-2)7-5-14/h4-13H,3H2,1-2H3. The summed E-state index contributed by atoms with van der Waals surface area (Å²) in [6, 6.07) is 15.1. The molecule has 0 unspecified atom stereocenters. The quantitative estimate of drug-likeness (QED) is 0.498. The Kier molecular flexibility index (Phi) is 4.97. The van der Waals surface area contributed by atoms with Crippen LogP contribution < -0.4 is 9.47 Å². The topological polar surface area (TPSA) is 83.2 Å². The van der Waals surface area contributed by atoms with Crippen LogP contribution in [0.15, 0.2) is 65.4 Å². The fourth-order valence-electron chi connectivity index (χ4n) is 2.72. The molecule has 0 aliphatic heterocycles. The molecule has 0 aliphatic rings. The van der Waals surface area contributed by atoms with Crippen molar-refractivity contribution in [2.45, 2.75) is 6.92 Å². The van der Waals surface area contributed by atoms with Crippen LogP contribution in [0.2, 0.25) is 0 Å². The lowest BCUT2D eigenvalue weighted by Crippen LogP contribution is -1.99. The van der Waals surface area contributed by atoms with Gasteiger partial charge in [0.05, 0.1) is 25.0 Å². The van der Waals surface area contributed by atoms with Gasteiger partial charge in [-0.3, -0.25) is 4.98 Å². The smallest absolute Gasteiger partial charge is 0.258 e. The van der Waals surface area contributed by atoms with Gasteiger partial charge >= 0.3 is 0 Å². The zero-order chi connectivity index (χ0) is 19.3. The summed E-state index contributed by atoms with van der Waals surface area (Å²) in [5.74, 6) is 2.09. The number of methoxy groups -OCH3 is 1. The van der Waals surface area contributed by atoms with Crippen molar-refractivity contribution in [3.63, 3.8) is 0 Å². The van der Waals surface area contributed by atoms with E-state index in [1.807, 2.05) is 55.5 Å². The minimum Gasteiger partial charge on any atom is -0.497 e. The zero-order valence-electron chi connectivity index (χ0n) is 15.5. The van der Waals surface area contributed by atoms with Crippen LogP contribution in [-0.4, -0.2) is 33.8 Å². The van der Waals surface area contributed by atoms with Gasteiger partial charge in [-0.15, -0.1) is 0 Å². The van der Waals surface area contributed by atoms with Gasteiger partial charge in [0.2, 0.25) is 11.7 Å². The van der Waals surface area contributed by atoms with Gasteiger partial charge in [-0.25, -0.2) is 4.98 Å². The summed E-state index contributed by atoms with van der Waals surface area (Å²) in [5, 5.41) is 4.09. The molecule has 28 heavy (non-hydrogen) atoms. The predicted molar refractivity (Wildman–Crippen MR) is 104 cm³/mol. The fraction of sp³-hybridized carbons (Fsp3) is 0.143. The Morgan fingerprint density at radius 1 is 0.893 bits per heavy atom.